The van der Waals surface area contributed by atoms with E-state index in [9.17, 15) is 61.0 Å². The molecule has 3 aliphatic rings. The van der Waals surface area contributed by atoms with Gasteiger partial charge in [0.2, 0.25) is 5.91 Å². The molecule has 19 heteroatoms. The van der Waals surface area contributed by atoms with Crippen molar-refractivity contribution in [3.05, 3.63) is 24.3 Å². The number of aliphatic hydroxyl groups excluding tert-OH is 11. The molecule has 3 heterocycles. The van der Waals surface area contributed by atoms with Crippen molar-refractivity contribution in [2.24, 2.45) is 0 Å². The second-order valence-electron chi connectivity index (χ2n) is 21.8. The van der Waals surface area contributed by atoms with Crippen molar-refractivity contribution in [2.75, 3.05) is 26.4 Å². The van der Waals surface area contributed by atoms with E-state index >= 15 is 0 Å². The summed E-state index contributed by atoms with van der Waals surface area (Å²) in [5, 5.41) is 120. The zero-order valence-corrected chi connectivity index (χ0v) is 46.9. The summed E-state index contributed by atoms with van der Waals surface area (Å²) in [6.45, 7) is 1.67. The number of hydrogen-bond acceptors (Lipinski definition) is 18. The molecule has 452 valence electrons. The molecule has 0 aromatic rings. The number of ether oxygens (including phenoxy) is 6. The van der Waals surface area contributed by atoms with Crippen molar-refractivity contribution in [3.63, 3.8) is 0 Å². The van der Waals surface area contributed by atoms with Gasteiger partial charge in [-0.1, -0.05) is 179 Å². The maximum absolute atomic E-state index is 13.2. The van der Waals surface area contributed by atoms with Crippen molar-refractivity contribution < 1.29 is 89.4 Å². The Bertz CT molecular complexity index is 1510. The SMILES string of the molecule is CCCCCCC/C=C\C/C=C\CCCCCCCCCCCCCCCCCC(=O)NC(COC1OC(CO)C(OC2OC(CO)C(OC3OC(CO)C(O)C(O)C3O)C(O)C2O)C(O)C1O)C(O)CCCCCCC. The minimum absolute atomic E-state index is 0.250. The average molecular weight is 1110 g/mol. The Labute approximate surface area is 460 Å². The van der Waals surface area contributed by atoms with Gasteiger partial charge in [-0.3, -0.25) is 4.79 Å². The van der Waals surface area contributed by atoms with Crippen LogP contribution >= 0.6 is 0 Å². The van der Waals surface area contributed by atoms with Crippen LogP contribution in [0.4, 0.5) is 0 Å². The number of hydrogen-bond donors (Lipinski definition) is 12. The van der Waals surface area contributed by atoms with Crippen molar-refractivity contribution >= 4 is 5.91 Å². The zero-order chi connectivity index (χ0) is 56.2. The molecular formula is C58H107NO18. The fourth-order valence-electron chi connectivity index (χ4n) is 10.3. The first-order valence-electron chi connectivity index (χ1n) is 30.1. The molecule has 3 rings (SSSR count). The topological polar surface area (TPSA) is 307 Å². The van der Waals surface area contributed by atoms with Gasteiger partial charge in [0.05, 0.1) is 38.6 Å². The number of unbranched alkanes of at least 4 members (excludes halogenated alkanes) is 24. The van der Waals surface area contributed by atoms with Gasteiger partial charge in [-0.15, -0.1) is 0 Å². The number of nitrogens with one attached hydrogen (secondary N) is 1. The monoisotopic (exact) mass is 1110 g/mol. The van der Waals surface area contributed by atoms with Crippen LogP contribution in [0.15, 0.2) is 24.3 Å². The predicted octanol–water partition coefficient (Wildman–Crippen LogP) is 5.15. The Kier molecular flexibility index (Phi) is 38.1. The molecule has 1 amide bonds. The van der Waals surface area contributed by atoms with Crippen LogP contribution in [-0.2, 0) is 33.2 Å². The third-order valence-corrected chi connectivity index (χ3v) is 15.3. The molecule has 3 saturated heterocycles. The van der Waals surface area contributed by atoms with Crippen LogP contribution in [-0.4, -0.2) is 193 Å². The van der Waals surface area contributed by atoms with Crippen molar-refractivity contribution in [2.45, 2.75) is 311 Å². The minimum Gasteiger partial charge on any atom is -0.394 e. The fraction of sp³-hybridized carbons (Fsp3) is 0.914. The van der Waals surface area contributed by atoms with Crippen LogP contribution in [0, 0.1) is 0 Å². The van der Waals surface area contributed by atoms with Gasteiger partial charge in [-0.25, -0.2) is 0 Å². The highest BCUT2D eigenvalue weighted by molar-refractivity contribution is 5.76. The number of amides is 1. The largest absolute Gasteiger partial charge is 0.394 e. The Morgan fingerprint density at radius 1 is 0.468 bits per heavy atom. The zero-order valence-electron chi connectivity index (χ0n) is 46.9. The smallest absolute Gasteiger partial charge is 0.220 e. The Balaban J connectivity index is 1.34. The Hall–Kier alpha value is -1.73. The van der Waals surface area contributed by atoms with Gasteiger partial charge in [-0.05, 0) is 44.9 Å². The normalized spacial score (nSPS) is 30.8. The molecule has 0 saturated carbocycles. The third-order valence-electron chi connectivity index (χ3n) is 15.3. The molecule has 0 aliphatic carbocycles. The average Bonchev–Trinajstić information content (AvgIpc) is 3.42. The maximum atomic E-state index is 13.2. The molecule has 19 nitrogen and oxygen atoms in total. The van der Waals surface area contributed by atoms with E-state index < -0.39 is 124 Å². The van der Waals surface area contributed by atoms with Gasteiger partial charge in [0.1, 0.15) is 73.2 Å². The van der Waals surface area contributed by atoms with E-state index in [1.807, 2.05) is 0 Å². The highest BCUT2D eigenvalue weighted by Gasteiger charge is 2.53. The lowest BCUT2D eigenvalue weighted by Crippen LogP contribution is -2.66. The van der Waals surface area contributed by atoms with E-state index in [2.05, 4.69) is 43.5 Å². The quantitative estimate of drug-likeness (QED) is 0.0277. The van der Waals surface area contributed by atoms with Crippen LogP contribution in [0.1, 0.15) is 206 Å². The fourth-order valence-corrected chi connectivity index (χ4v) is 10.3. The Morgan fingerprint density at radius 2 is 0.857 bits per heavy atom. The van der Waals surface area contributed by atoms with E-state index in [1.54, 1.807) is 0 Å². The third kappa shape index (κ3) is 26.4. The molecule has 77 heavy (non-hydrogen) atoms. The summed E-state index contributed by atoms with van der Waals surface area (Å²) in [6.07, 6.45) is 16.4. The van der Waals surface area contributed by atoms with Crippen molar-refractivity contribution in [1.29, 1.82) is 0 Å². The van der Waals surface area contributed by atoms with Crippen molar-refractivity contribution in [3.8, 4) is 0 Å². The lowest BCUT2D eigenvalue weighted by molar-refractivity contribution is -0.379. The molecule has 3 fully saturated rings. The summed E-state index contributed by atoms with van der Waals surface area (Å²) >= 11 is 0. The second kappa shape index (κ2) is 42.1. The van der Waals surface area contributed by atoms with Crippen LogP contribution in [0.2, 0.25) is 0 Å². The van der Waals surface area contributed by atoms with E-state index in [1.165, 1.54) is 116 Å². The standard InChI is InChI=1S/C58H107NO18/c1-3-5-7-9-10-11-12-13-14-15-16-17-18-19-20-21-22-23-24-25-26-27-28-29-30-32-34-36-46(64)59-41(42(63)35-33-31-8-6-4-2)40-72-56-52(70)49(67)54(44(38-61)74-56)77-58-53(71)50(68)55(45(39-62)75-58)76-57-51(69)48(66)47(65)43(37-60)73-57/h12-13,15-16,41-45,47-58,60-63,65-71H,3-11,14,17-40H2,1-2H3,(H,59,64)/b13-12-,16-15-. The van der Waals surface area contributed by atoms with Crippen molar-refractivity contribution in [1.82, 2.24) is 5.32 Å². The van der Waals surface area contributed by atoms with E-state index in [0.717, 1.165) is 57.8 Å². The van der Waals surface area contributed by atoms with Crippen LogP contribution in [0.25, 0.3) is 0 Å². The first-order chi connectivity index (χ1) is 37.3. The first-order valence-corrected chi connectivity index (χ1v) is 30.1. The summed E-state index contributed by atoms with van der Waals surface area (Å²) in [4.78, 5) is 13.2. The van der Waals surface area contributed by atoms with Gasteiger partial charge in [0.15, 0.2) is 18.9 Å². The lowest BCUT2D eigenvalue weighted by Gasteiger charge is -2.48. The Morgan fingerprint density at radius 3 is 1.32 bits per heavy atom. The van der Waals surface area contributed by atoms with Gasteiger partial charge in [0.25, 0.3) is 0 Å². The van der Waals surface area contributed by atoms with E-state index in [-0.39, 0.29) is 18.9 Å². The maximum Gasteiger partial charge on any atom is 0.220 e. The van der Waals surface area contributed by atoms with E-state index in [0.29, 0.717) is 12.8 Å². The molecule has 0 spiro atoms. The summed E-state index contributed by atoms with van der Waals surface area (Å²) in [6, 6.07) is -0.881. The first kappa shape index (κ1) is 69.5. The molecule has 0 bridgehead atoms. The molecular weight excluding hydrogens is 999 g/mol. The molecule has 12 N–H and O–H groups in total. The van der Waals surface area contributed by atoms with Gasteiger partial charge in [0, 0.05) is 6.42 Å². The number of aliphatic hydroxyl groups is 11. The summed E-state index contributed by atoms with van der Waals surface area (Å²) in [5.74, 6) is -0.250. The van der Waals surface area contributed by atoms with Gasteiger partial charge < -0.3 is 89.9 Å². The van der Waals surface area contributed by atoms with Gasteiger partial charge >= 0.3 is 0 Å². The second-order valence-corrected chi connectivity index (χ2v) is 21.8. The number of carbonyl (C=O) groups excluding carboxylic acids is 1. The number of rotatable bonds is 44. The summed E-state index contributed by atoms with van der Waals surface area (Å²) in [7, 11) is 0. The molecule has 17 atom stereocenters. The highest BCUT2D eigenvalue weighted by Crippen LogP contribution is 2.33. The number of allylic oxidation sites excluding steroid dienone is 4. The predicted molar refractivity (Wildman–Crippen MR) is 291 cm³/mol. The van der Waals surface area contributed by atoms with Gasteiger partial charge in [-0.2, -0.15) is 0 Å². The molecule has 0 aromatic carbocycles. The van der Waals surface area contributed by atoms with Crippen LogP contribution in [0.3, 0.4) is 0 Å². The number of carbonyl (C=O) groups is 1. The minimum atomic E-state index is -1.97. The molecule has 0 aromatic heterocycles. The highest BCUT2D eigenvalue weighted by atomic mass is 16.8. The van der Waals surface area contributed by atoms with Crippen LogP contribution in [0.5, 0.6) is 0 Å². The van der Waals surface area contributed by atoms with E-state index in [4.69, 9.17) is 28.4 Å². The molecule has 17 unspecified atom stereocenters. The molecule has 3 aliphatic heterocycles. The summed E-state index contributed by atoms with van der Waals surface area (Å²) in [5.41, 5.74) is 0. The van der Waals surface area contributed by atoms with Crippen LogP contribution < -0.4 is 5.32 Å². The lowest BCUT2D eigenvalue weighted by atomic mass is 9.96. The molecule has 0 radical (unpaired) electrons. The summed E-state index contributed by atoms with van der Waals surface area (Å²) < 4.78 is 34.1.